The highest BCUT2D eigenvalue weighted by molar-refractivity contribution is 9.11. The number of aryl methyl sites for hydroxylation is 1. The summed E-state index contributed by atoms with van der Waals surface area (Å²) in [6.45, 7) is 4.75. The van der Waals surface area contributed by atoms with Gasteiger partial charge in [-0.2, -0.15) is 0 Å². The third-order valence-electron chi connectivity index (χ3n) is 2.53. The van der Waals surface area contributed by atoms with E-state index in [-0.39, 0.29) is 0 Å². The minimum Gasteiger partial charge on any atom is -0.369 e. The number of aromatic nitrogens is 2. The Labute approximate surface area is 134 Å². The van der Waals surface area contributed by atoms with Gasteiger partial charge in [-0.05, 0) is 48.0 Å². The first-order chi connectivity index (χ1) is 9.02. The summed E-state index contributed by atoms with van der Waals surface area (Å²) in [4.78, 5) is 8.99. The Kier molecular flexibility index (Phi) is 4.81. The van der Waals surface area contributed by atoms with Gasteiger partial charge >= 0.3 is 0 Å². The van der Waals surface area contributed by atoms with E-state index in [9.17, 15) is 0 Å². The maximum atomic E-state index is 6.24. The molecule has 19 heavy (non-hydrogen) atoms. The maximum Gasteiger partial charge on any atom is 0.163 e. The molecule has 0 aliphatic carbocycles. The zero-order chi connectivity index (χ0) is 14.0. The van der Waals surface area contributed by atoms with Crippen LogP contribution in [-0.2, 0) is 0 Å². The number of rotatable bonds is 3. The van der Waals surface area contributed by atoms with Crippen LogP contribution < -0.4 is 5.32 Å². The van der Waals surface area contributed by atoms with Gasteiger partial charge in [0.1, 0.15) is 5.82 Å². The van der Waals surface area contributed by atoms with Gasteiger partial charge in [0.05, 0.1) is 15.2 Å². The number of halogens is 3. The van der Waals surface area contributed by atoms with Gasteiger partial charge in [-0.1, -0.05) is 27.5 Å². The van der Waals surface area contributed by atoms with Crippen molar-refractivity contribution in [3.8, 4) is 11.4 Å². The number of hydrogen-bond acceptors (Lipinski definition) is 3. The molecule has 0 spiro atoms. The highest BCUT2D eigenvalue weighted by atomic mass is 79.9. The van der Waals surface area contributed by atoms with Gasteiger partial charge in [0, 0.05) is 16.6 Å². The van der Waals surface area contributed by atoms with E-state index in [0.29, 0.717) is 10.8 Å². The average molecular weight is 406 g/mol. The summed E-state index contributed by atoms with van der Waals surface area (Å²) in [7, 11) is 0. The molecule has 1 aromatic carbocycles. The van der Waals surface area contributed by atoms with Crippen LogP contribution in [0.15, 0.2) is 27.1 Å². The van der Waals surface area contributed by atoms with Crippen LogP contribution in [0.1, 0.15) is 12.6 Å². The Morgan fingerprint density at radius 2 is 2.00 bits per heavy atom. The first-order valence-electron chi connectivity index (χ1n) is 5.76. The lowest BCUT2D eigenvalue weighted by atomic mass is 10.2. The normalized spacial score (nSPS) is 10.6. The van der Waals surface area contributed by atoms with Crippen molar-refractivity contribution >= 4 is 49.3 Å². The van der Waals surface area contributed by atoms with Crippen molar-refractivity contribution in [2.75, 3.05) is 11.9 Å². The van der Waals surface area contributed by atoms with Crippen LogP contribution >= 0.6 is 43.5 Å². The van der Waals surface area contributed by atoms with Crippen molar-refractivity contribution in [3.63, 3.8) is 0 Å². The van der Waals surface area contributed by atoms with Crippen LogP contribution in [-0.4, -0.2) is 16.5 Å². The van der Waals surface area contributed by atoms with Gasteiger partial charge in [-0.25, -0.2) is 9.97 Å². The molecular weight excluding hydrogens is 393 g/mol. The number of nitrogens with one attached hydrogen (secondary N) is 1. The molecule has 0 fully saturated rings. The zero-order valence-corrected chi connectivity index (χ0v) is 14.4. The topological polar surface area (TPSA) is 37.8 Å². The zero-order valence-electron chi connectivity index (χ0n) is 10.5. The Bertz CT molecular complexity index is 617. The molecule has 100 valence electrons. The lowest BCUT2D eigenvalue weighted by Gasteiger charge is -2.11. The van der Waals surface area contributed by atoms with Crippen LogP contribution in [0.25, 0.3) is 11.4 Å². The summed E-state index contributed by atoms with van der Waals surface area (Å²) in [6.07, 6.45) is 0. The highest BCUT2D eigenvalue weighted by Crippen LogP contribution is 2.31. The fourth-order valence-electron chi connectivity index (χ4n) is 1.64. The largest absolute Gasteiger partial charge is 0.369 e. The summed E-state index contributed by atoms with van der Waals surface area (Å²) < 4.78 is 1.81. The van der Waals surface area contributed by atoms with E-state index in [0.717, 1.165) is 32.6 Å². The van der Waals surface area contributed by atoms with E-state index in [1.165, 1.54) is 0 Å². The van der Waals surface area contributed by atoms with Gasteiger partial charge in [-0.15, -0.1) is 0 Å². The summed E-state index contributed by atoms with van der Waals surface area (Å²) in [5.41, 5.74) is 1.69. The lowest BCUT2D eigenvalue weighted by molar-refractivity contribution is 1.06. The van der Waals surface area contributed by atoms with Gasteiger partial charge < -0.3 is 5.32 Å². The van der Waals surface area contributed by atoms with E-state index in [1.807, 2.05) is 32.0 Å². The van der Waals surface area contributed by atoms with E-state index < -0.39 is 0 Å². The maximum absolute atomic E-state index is 6.24. The predicted octanol–water partition coefficient (Wildman–Crippen LogP) is 5.06. The third-order valence-corrected chi connectivity index (χ3v) is 4.29. The lowest BCUT2D eigenvalue weighted by Crippen LogP contribution is -2.04. The van der Waals surface area contributed by atoms with Gasteiger partial charge in [-0.3, -0.25) is 0 Å². The molecule has 0 saturated heterocycles. The molecule has 1 aromatic heterocycles. The minimum atomic E-state index is 0.620. The third kappa shape index (κ3) is 3.27. The highest BCUT2D eigenvalue weighted by Gasteiger charge is 2.12. The molecule has 1 N–H and O–H groups in total. The smallest absolute Gasteiger partial charge is 0.163 e. The summed E-state index contributed by atoms with van der Waals surface area (Å²) in [6, 6.07) is 5.67. The van der Waals surface area contributed by atoms with Crippen LogP contribution in [0, 0.1) is 6.92 Å². The second-order valence-corrected chi connectivity index (χ2v) is 6.07. The Morgan fingerprint density at radius 3 is 2.63 bits per heavy atom. The predicted molar refractivity (Wildman–Crippen MR) is 86.8 cm³/mol. The second-order valence-electron chi connectivity index (χ2n) is 3.95. The SMILES string of the molecule is CCNc1nc(-c2ccc(Br)cc2Cl)nc(C)c1Br. The van der Waals surface area contributed by atoms with Crippen molar-refractivity contribution in [3.05, 3.63) is 37.9 Å². The molecule has 0 amide bonds. The van der Waals surface area contributed by atoms with Crippen molar-refractivity contribution in [2.24, 2.45) is 0 Å². The monoisotopic (exact) mass is 403 g/mol. The van der Waals surface area contributed by atoms with Crippen LogP contribution in [0.2, 0.25) is 5.02 Å². The van der Waals surface area contributed by atoms with E-state index in [1.54, 1.807) is 0 Å². The Balaban J connectivity index is 2.56. The van der Waals surface area contributed by atoms with Crippen molar-refractivity contribution in [2.45, 2.75) is 13.8 Å². The van der Waals surface area contributed by atoms with Crippen molar-refractivity contribution in [1.82, 2.24) is 9.97 Å². The molecule has 0 saturated carbocycles. The molecule has 2 aromatic rings. The molecule has 0 bridgehead atoms. The molecule has 0 radical (unpaired) electrons. The Morgan fingerprint density at radius 1 is 1.26 bits per heavy atom. The second kappa shape index (κ2) is 6.20. The number of hydrogen-bond donors (Lipinski definition) is 1. The molecule has 6 heteroatoms. The van der Waals surface area contributed by atoms with Crippen molar-refractivity contribution < 1.29 is 0 Å². The summed E-state index contributed by atoms with van der Waals surface area (Å²) in [5, 5.41) is 3.83. The Hall–Kier alpha value is -0.650. The van der Waals surface area contributed by atoms with Gasteiger partial charge in [0.25, 0.3) is 0 Å². The molecular formula is C13H12Br2ClN3. The molecule has 2 rings (SSSR count). The molecule has 0 atom stereocenters. The molecule has 1 heterocycles. The average Bonchev–Trinajstić information content (AvgIpc) is 2.35. The van der Waals surface area contributed by atoms with E-state index >= 15 is 0 Å². The van der Waals surface area contributed by atoms with Crippen LogP contribution in [0.4, 0.5) is 5.82 Å². The van der Waals surface area contributed by atoms with Gasteiger partial charge in [0.2, 0.25) is 0 Å². The summed E-state index contributed by atoms with van der Waals surface area (Å²) in [5.74, 6) is 1.40. The quantitative estimate of drug-likeness (QED) is 0.775. The standard InChI is InChI=1S/C13H12Br2ClN3/c1-3-17-13-11(15)7(2)18-12(19-13)9-5-4-8(14)6-10(9)16/h4-6H,3H2,1-2H3,(H,17,18,19). The fraction of sp³-hybridized carbons (Fsp3) is 0.231. The molecule has 3 nitrogen and oxygen atoms in total. The minimum absolute atomic E-state index is 0.620. The molecule has 0 aliphatic heterocycles. The van der Waals surface area contributed by atoms with E-state index in [2.05, 4.69) is 47.1 Å². The van der Waals surface area contributed by atoms with Crippen LogP contribution in [0.5, 0.6) is 0 Å². The number of benzene rings is 1. The molecule has 0 aliphatic rings. The van der Waals surface area contributed by atoms with Crippen LogP contribution in [0.3, 0.4) is 0 Å². The first-order valence-corrected chi connectivity index (χ1v) is 7.72. The van der Waals surface area contributed by atoms with E-state index in [4.69, 9.17) is 11.6 Å². The molecule has 0 unspecified atom stereocenters. The first kappa shape index (κ1) is 14.8. The van der Waals surface area contributed by atoms with Gasteiger partial charge in [0.15, 0.2) is 5.82 Å². The number of anilines is 1. The summed E-state index contributed by atoms with van der Waals surface area (Å²) >= 11 is 13.1. The van der Waals surface area contributed by atoms with Crippen molar-refractivity contribution in [1.29, 1.82) is 0 Å². The fourth-order valence-corrected chi connectivity index (χ4v) is 2.71. The number of nitrogens with zero attached hydrogens (tertiary/aromatic N) is 2.